The zero-order valence-electron chi connectivity index (χ0n) is 9.58. The van der Waals surface area contributed by atoms with Gasteiger partial charge in [-0.05, 0) is 12.3 Å². The quantitative estimate of drug-likeness (QED) is 0.443. The molecule has 0 aromatic carbocycles. The van der Waals surface area contributed by atoms with Crippen LogP contribution in [0.15, 0.2) is 0 Å². The summed E-state index contributed by atoms with van der Waals surface area (Å²) in [5.74, 6) is 0.252. The molecule has 0 heterocycles. The molecule has 1 unspecified atom stereocenters. The van der Waals surface area contributed by atoms with Gasteiger partial charge in [-0.25, -0.2) is 13.1 Å². The average Bonchev–Trinajstić information content (AvgIpc) is 2.11. The van der Waals surface area contributed by atoms with Gasteiger partial charge in [0.05, 0.1) is 11.6 Å². The summed E-state index contributed by atoms with van der Waals surface area (Å²) in [6, 6.07) is 0. The fourth-order valence-electron chi connectivity index (χ4n) is 0.825. The molecule has 0 radical (unpaired) electrons. The van der Waals surface area contributed by atoms with Gasteiger partial charge in [0, 0.05) is 12.5 Å². The number of nitrogens with one attached hydrogen (secondary N) is 2. The number of amidine groups is 1. The van der Waals surface area contributed by atoms with Crippen molar-refractivity contribution in [1.82, 2.24) is 4.72 Å². The molecule has 0 saturated heterocycles. The van der Waals surface area contributed by atoms with Crippen LogP contribution < -0.4 is 10.5 Å². The first-order valence-electron chi connectivity index (χ1n) is 5.06. The van der Waals surface area contributed by atoms with E-state index >= 15 is 0 Å². The van der Waals surface area contributed by atoms with Gasteiger partial charge in [-0.3, -0.25) is 5.41 Å². The van der Waals surface area contributed by atoms with Crippen molar-refractivity contribution in [1.29, 1.82) is 5.41 Å². The van der Waals surface area contributed by atoms with E-state index in [1.807, 2.05) is 13.8 Å². The summed E-state index contributed by atoms with van der Waals surface area (Å²) in [7, 11) is -3.21. The molecule has 0 aliphatic heterocycles. The minimum atomic E-state index is -3.21. The molecule has 90 valence electrons. The minimum absolute atomic E-state index is 0.00144. The Hall–Kier alpha value is -0.620. The van der Waals surface area contributed by atoms with Crippen molar-refractivity contribution in [3.63, 3.8) is 0 Å². The summed E-state index contributed by atoms with van der Waals surface area (Å²) in [4.78, 5) is 0. The van der Waals surface area contributed by atoms with Crippen molar-refractivity contribution < 1.29 is 8.42 Å². The summed E-state index contributed by atoms with van der Waals surface area (Å²) < 4.78 is 25.3. The normalized spacial score (nSPS) is 14.1. The molecule has 15 heavy (non-hydrogen) atoms. The number of hydrogen-bond acceptors (Lipinski definition) is 3. The summed E-state index contributed by atoms with van der Waals surface area (Å²) in [5.41, 5.74) is 5.24. The standard InChI is InChI=1S/C9H21N3O2S/c1-7(2)4-5-15(13,14)12-6-8(3)9(10)11/h7-8,12H,4-6H2,1-3H3,(H3,10,11). The van der Waals surface area contributed by atoms with Gasteiger partial charge in [0.15, 0.2) is 0 Å². The topological polar surface area (TPSA) is 96.0 Å². The SMILES string of the molecule is CC(C)CCS(=O)(=O)NCC(C)C(=N)N. The van der Waals surface area contributed by atoms with E-state index in [4.69, 9.17) is 11.1 Å². The molecule has 0 bridgehead atoms. The van der Waals surface area contributed by atoms with E-state index in [-0.39, 0.29) is 24.1 Å². The van der Waals surface area contributed by atoms with Gasteiger partial charge in [0.25, 0.3) is 0 Å². The molecule has 0 spiro atoms. The summed E-state index contributed by atoms with van der Waals surface area (Å²) in [6.07, 6.45) is 0.643. The fraction of sp³-hybridized carbons (Fsp3) is 0.889. The zero-order chi connectivity index (χ0) is 12.1. The molecule has 5 nitrogen and oxygen atoms in total. The lowest BCUT2D eigenvalue weighted by Crippen LogP contribution is -2.35. The molecule has 1 atom stereocenters. The van der Waals surface area contributed by atoms with Crippen molar-refractivity contribution in [2.75, 3.05) is 12.3 Å². The molecular weight excluding hydrogens is 214 g/mol. The largest absolute Gasteiger partial charge is 0.387 e. The average molecular weight is 235 g/mol. The molecule has 0 aromatic heterocycles. The van der Waals surface area contributed by atoms with Crippen LogP contribution in [0.25, 0.3) is 0 Å². The molecule has 0 fully saturated rings. The Morgan fingerprint density at radius 3 is 2.33 bits per heavy atom. The second kappa shape index (κ2) is 6.07. The first kappa shape index (κ1) is 14.4. The van der Waals surface area contributed by atoms with Gasteiger partial charge in [0.1, 0.15) is 0 Å². The first-order valence-corrected chi connectivity index (χ1v) is 6.71. The molecule has 6 heteroatoms. The maximum absolute atomic E-state index is 11.4. The van der Waals surface area contributed by atoms with E-state index in [0.29, 0.717) is 12.3 Å². The van der Waals surface area contributed by atoms with Crippen LogP contribution in [0, 0.1) is 17.2 Å². The second-order valence-corrected chi connectivity index (χ2v) is 6.13. The van der Waals surface area contributed by atoms with E-state index < -0.39 is 10.0 Å². The van der Waals surface area contributed by atoms with Gasteiger partial charge >= 0.3 is 0 Å². The highest BCUT2D eigenvalue weighted by Crippen LogP contribution is 2.02. The van der Waals surface area contributed by atoms with Crippen molar-refractivity contribution >= 4 is 15.9 Å². The summed E-state index contributed by atoms with van der Waals surface area (Å²) >= 11 is 0. The van der Waals surface area contributed by atoms with Crippen LogP contribution in [0.5, 0.6) is 0 Å². The lowest BCUT2D eigenvalue weighted by Gasteiger charge is -2.12. The summed E-state index contributed by atoms with van der Waals surface area (Å²) in [5, 5.41) is 7.12. The molecule has 0 saturated carbocycles. The Labute approximate surface area is 92.0 Å². The molecule has 0 aromatic rings. The van der Waals surface area contributed by atoms with Gasteiger partial charge in [0.2, 0.25) is 10.0 Å². The van der Waals surface area contributed by atoms with E-state index in [1.165, 1.54) is 0 Å². The number of sulfonamides is 1. The monoisotopic (exact) mass is 235 g/mol. The molecule has 4 N–H and O–H groups in total. The predicted molar refractivity (Wildman–Crippen MR) is 62.3 cm³/mol. The number of hydrogen-bond donors (Lipinski definition) is 3. The van der Waals surface area contributed by atoms with Crippen LogP contribution in [-0.4, -0.2) is 26.6 Å². The maximum Gasteiger partial charge on any atom is 0.211 e. The van der Waals surface area contributed by atoms with Gasteiger partial charge in [-0.2, -0.15) is 0 Å². The smallest absolute Gasteiger partial charge is 0.211 e. The van der Waals surface area contributed by atoms with Crippen LogP contribution in [0.4, 0.5) is 0 Å². The van der Waals surface area contributed by atoms with Gasteiger partial charge in [-0.15, -0.1) is 0 Å². The summed E-state index contributed by atoms with van der Waals surface area (Å²) in [6.45, 7) is 5.88. The Bertz CT molecular complexity index is 298. The highest BCUT2D eigenvalue weighted by Gasteiger charge is 2.13. The highest BCUT2D eigenvalue weighted by atomic mass is 32.2. The third-order valence-corrected chi connectivity index (χ3v) is 3.48. The van der Waals surface area contributed by atoms with E-state index in [1.54, 1.807) is 6.92 Å². The maximum atomic E-state index is 11.4. The number of rotatable bonds is 7. The fourth-order valence-corrected chi connectivity index (χ4v) is 2.25. The van der Waals surface area contributed by atoms with Crippen LogP contribution in [-0.2, 0) is 10.0 Å². The Kier molecular flexibility index (Phi) is 5.82. The van der Waals surface area contributed by atoms with Crippen molar-refractivity contribution in [2.24, 2.45) is 17.6 Å². The van der Waals surface area contributed by atoms with Crippen molar-refractivity contribution in [2.45, 2.75) is 27.2 Å². The molecule has 0 aliphatic rings. The zero-order valence-corrected chi connectivity index (χ0v) is 10.4. The van der Waals surface area contributed by atoms with Crippen LogP contribution in [0.1, 0.15) is 27.2 Å². The van der Waals surface area contributed by atoms with Gasteiger partial charge < -0.3 is 5.73 Å². The molecular formula is C9H21N3O2S. The van der Waals surface area contributed by atoms with Crippen molar-refractivity contribution in [3.05, 3.63) is 0 Å². The minimum Gasteiger partial charge on any atom is -0.387 e. The Balaban J connectivity index is 4.00. The second-order valence-electron chi connectivity index (χ2n) is 4.21. The third-order valence-electron chi connectivity index (χ3n) is 2.10. The first-order chi connectivity index (χ1) is 6.74. The third kappa shape index (κ3) is 7.33. The number of nitrogens with two attached hydrogens (primary N) is 1. The van der Waals surface area contributed by atoms with Crippen LogP contribution in [0.3, 0.4) is 0 Å². The molecule has 0 amide bonds. The van der Waals surface area contributed by atoms with Crippen LogP contribution in [0.2, 0.25) is 0 Å². The lowest BCUT2D eigenvalue weighted by atomic mass is 10.2. The molecule has 0 aliphatic carbocycles. The highest BCUT2D eigenvalue weighted by molar-refractivity contribution is 7.89. The van der Waals surface area contributed by atoms with Crippen LogP contribution >= 0.6 is 0 Å². The lowest BCUT2D eigenvalue weighted by molar-refractivity contribution is 0.556. The Morgan fingerprint density at radius 2 is 1.93 bits per heavy atom. The van der Waals surface area contributed by atoms with E-state index in [0.717, 1.165) is 0 Å². The van der Waals surface area contributed by atoms with Crippen molar-refractivity contribution in [3.8, 4) is 0 Å². The molecule has 0 rings (SSSR count). The predicted octanol–water partition coefficient (Wildman–Crippen LogP) is 0.524. The van der Waals surface area contributed by atoms with E-state index in [2.05, 4.69) is 4.72 Å². The van der Waals surface area contributed by atoms with Gasteiger partial charge in [-0.1, -0.05) is 20.8 Å². The van der Waals surface area contributed by atoms with E-state index in [9.17, 15) is 8.42 Å². The Morgan fingerprint density at radius 1 is 1.40 bits per heavy atom.